The van der Waals surface area contributed by atoms with E-state index in [1.807, 2.05) is 0 Å². The first-order valence-corrected chi connectivity index (χ1v) is 8.61. The van der Waals surface area contributed by atoms with Gasteiger partial charge in [-0.3, -0.25) is 19.5 Å². The number of Topliss-reactive ketones (excluding diaryl/α,β-unsaturated/α-hetero) is 1. The normalized spacial score (nSPS) is 18.5. The topological polar surface area (TPSA) is 70.5 Å². The lowest BCUT2D eigenvalue weighted by Crippen LogP contribution is -2.29. The Balaban J connectivity index is 1.95. The minimum Gasteiger partial charge on any atom is -0.505 e. The fraction of sp³-hybridized carbons (Fsp3) is 0.0455. The summed E-state index contributed by atoms with van der Waals surface area (Å²) in [7, 11) is 0. The molecule has 1 saturated heterocycles. The smallest absolute Gasteiger partial charge is 0.300 e. The van der Waals surface area contributed by atoms with E-state index in [0.717, 1.165) is 0 Å². The Morgan fingerprint density at radius 3 is 2.25 bits per heavy atom. The van der Waals surface area contributed by atoms with Gasteiger partial charge in [-0.25, -0.2) is 4.39 Å². The van der Waals surface area contributed by atoms with Crippen molar-refractivity contribution < 1.29 is 19.1 Å². The molecule has 3 aromatic rings. The molecule has 0 radical (unpaired) electrons. The van der Waals surface area contributed by atoms with E-state index < -0.39 is 23.5 Å². The molecule has 1 fully saturated rings. The minimum atomic E-state index is -0.898. The van der Waals surface area contributed by atoms with Gasteiger partial charge in [-0.1, -0.05) is 36.4 Å². The van der Waals surface area contributed by atoms with Gasteiger partial charge in [0.15, 0.2) is 5.76 Å². The summed E-state index contributed by atoms with van der Waals surface area (Å²) in [6.45, 7) is 0. The van der Waals surface area contributed by atoms with Gasteiger partial charge in [0.2, 0.25) is 0 Å². The Hall–Kier alpha value is -3.80. The van der Waals surface area contributed by atoms with E-state index in [4.69, 9.17) is 0 Å². The number of aromatic nitrogens is 1. The molecular weight excluding hydrogens is 359 g/mol. The number of amides is 1. The first kappa shape index (κ1) is 17.6. The van der Waals surface area contributed by atoms with Crippen LogP contribution in [0.2, 0.25) is 0 Å². The molecule has 5 nitrogen and oxygen atoms in total. The Bertz CT molecular complexity index is 1060. The number of hydrogen-bond acceptors (Lipinski definition) is 4. The van der Waals surface area contributed by atoms with E-state index in [2.05, 4.69) is 4.98 Å². The molecule has 4 rings (SSSR count). The van der Waals surface area contributed by atoms with Crippen LogP contribution in [-0.2, 0) is 9.59 Å². The lowest BCUT2D eigenvalue weighted by molar-refractivity contribution is -0.132. The lowest BCUT2D eigenvalue weighted by atomic mass is 9.96. The number of nitrogens with zero attached hydrogens (tertiary/aromatic N) is 2. The van der Waals surface area contributed by atoms with Crippen molar-refractivity contribution in [3.8, 4) is 0 Å². The number of rotatable bonds is 3. The Morgan fingerprint density at radius 2 is 1.61 bits per heavy atom. The van der Waals surface area contributed by atoms with Crippen molar-refractivity contribution in [3.05, 3.63) is 102 Å². The highest BCUT2D eigenvalue weighted by Crippen LogP contribution is 2.41. The van der Waals surface area contributed by atoms with Crippen LogP contribution >= 0.6 is 0 Å². The summed E-state index contributed by atoms with van der Waals surface area (Å²) in [4.78, 5) is 31.1. The van der Waals surface area contributed by atoms with Gasteiger partial charge >= 0.3 is 0 Å². The van der Waals surface area contributed by atoms with E-state index >= 15 is 0 Å². The third kappa shape index (κ3) is 2.95. The first-order chi connectivity index (χ1) is 13.6. The van der Waals surface area contributed by atoms with Crippen LogP contribution in [0.3, 0.4) is 0 Å². The van der Waals surface area contributed by atoms with Crippen molar-refractivity contribution in [2.24, 2.45) is 0 Å². The molecular formula is C22H15FN2O3. The second-order valence-electron chi connectivity index (χ2n) is 6.27. The zero-order valence-corrected chi connectivity index (χ0v) is 14.6. The Morgan fingerprint density at radius 1 is 0.929 bits per heavy atom. The molecule has 1 unspecified atom stereocenters. The maximum Gasteiger partial charge on any atom is 0.300 e. The SMILES string of the molecule is O=C1C(=O)N(c2ccccc2)C(c2ccc(F)cc2)/C1=C(\O)c1ccccn1. The molecule has 2 heterocycles. The van der Waals surface area contributed by atoms with E-state index in [1.165, 1.54) is 35.4 Å². The number of ketones is 1. The van der Waals surface area contributed by atoms with Crippen LogP contribution in [0.1, 0.15) is 17.3 Å². The predicted octanol–water partition coefficient (Wildman–Crippen LogP) is 3.85. The summed E-state index contributed by atoms with van der Waals surface area (Å²) in [5.41, 5.74) is 1.10. The van der Waals surface area contributed by atoms with E-state index in [9.17, 15) is 19.1 Å². The molecule has 0 saturated carbocycles. The van der Waals surface area contributed by atoms with E-state index in [0.29, 0.717) is 11.3 Å². The maximum atomic E-state index is 13.4. The number of hydrogen-bond donors (Lipinski definition) is 1. The summed E-state index contributed by atoms with van der Waals surface area (Å²) in [6, 6.07) is 18.2. The molecule has 2 aromatic carbocycles. The van der Waals surface area contributed by atoms with Crippen LogP contribution in [0.25, 0.3) is 5.76 Å². The highest BCUT2D eigenvalue weighted by atomic mass is 19.1. The number of benzene rings is 2. The molecule has 0 spiro atoms. The van der Waals surface area contributed by atoms with Gasteiger partial charge < -0.3 is 5.11 Å². The number of pyridine rings is 1. The number of carbonyl (C=O) groups excluding carboxylic acids is 2. The van der Waals surface area contributed by atoms with Gasteiger partial charge in [-0.05, 0) is 42.0 Å². The summed E-state index contributed by atoms with van der Waals surface area (Å²) < 4.78 is 13.4. The molecule has 1 amide bonds. The number of carbonyl (C=O) groups is 2. The first-order valence-electron chi connectivity index (χ1n) is 8.61. The standard InChI is InChI=1S/C22H15FN2O3/c23-15-11-9-14(10-12-15)19-18(20(26)17-8-4-5-13-24-17)21(27)22(28)25(19)16-6-2-1-3-7-16/h1-13,19,26H/b20-18+. The molecule has 1 atom stereocenters. The molecule has 1 N–H and O–H groups in total. The van der Waals surface area contributed by atoms with Gasteiger partial charge in [0, 0.05) is 11.9 Å². The number of anilines is 1. The molecule has 6 heteroatoms. The number of aliphatic hydroxyl groups excluding tert-OH is 1. The number of halogens is 1. The van der Waals surface area contributed by atoms with Crippen molar-refractivity contribution >= 4 is 23.1 Å². The molecule has 1 aliphatic heterocycles. The number of para-hydroxylation sites is 1. The van der Waals surface area contributed by atoms with Crippen molar-refractivity contribution in [2.75, 3.05) is 4.90 Å². The fourth-order valence-corrected chi connectivity index (χ4v) is 3.29. The molecule has 138 valence electrons. The van der Waals surface area contributed by atoms with Gasteiger partial charge in [0.1, 0.15) is 11.5 Å². The van der Waals surface area contributed by atoms with E-state index in [1.54, 1.807) is 48.5 Å². The van der Waals surface area contributed by atoms with Crippen molar-refractivity contribution in [1.82, 2.24) is 4.98 Å². The van der Waals surface area contributed by atoms with Crippen LogP contribution in [0.5, 0.6) is 0 Å². The Kier molecular flexibility index (Phi) is 4.45. The quantitative estimate of drug-likeness (QED) is 0.430. The zero-order valence-electron chi connectivity index (χ0n) is 14.6. The summed E-state index contributed by atoms with van der Waals surface area (Å²) in [6.07, 6.45) is 1.48. The molecule has 1 aliphatic rings. The van der Waals surface area contributed by atoms with Crippen LogP contribution in [0.4, 0.5) is 10.1 Å². The third-order valence-electron chi connectivity index (χ3n) is 4.57. The largest absolute Gasteiger partial charge is 0.505 e. The molecule has 28 heavy (non-hydrogen) atoms. The highest BCUT2D eigenvalue weighted by molar-refractivity contribution is 6.51. The maximum absolute atomic E-state index is 13.4. The predicted molar refractivity (Wildman–Crippen MR) is 102 cm³/mol. The lowest BCUT2D eigenvalue weighted by Gasteiger charge is -2.25. The van der Waals surface area contributed by atoms with Crippen LogP contribution in [0.15, 0.2) is 84.6 Å². The average Bonchev–Trinajstić information content (AvgIpc) is 3.00. The van der Waals surface area contributed by atoms with Crippen LogP contribution in [0, 0.1) is 5.82 Å². The summed E-state index contributed by atoms with van der Waals surface area (Å²) in [5, 5.41) is 10.8. The summed E-state index contributed by atoms with van der Waals surface area (Å²) in [5.74, 6) is -2.39. The second kappa shape index (κ2) is 7.08. The van der Waals surface area contributed by atoms with Crippen LogP contribution in [-0.4, -0.2) is 21.8 Å². The number of aliphatic hydroxyl groups is 1. The second-order valence-corrected chi connectivity index (χ2v) is 6.27. The van der Waals surface area contributed by atoms with Crippen molar-refractivity contribution in [3.63, 3.8) is 0 Å². The highest BCUT2D eigenvalue weighted by Gasteiger charge is 2.47. The third-order valence-corrected chi connectivity index (χ3v) is 4.57. The molecule has 0 aliphatic carbocycles. The van der Waals surface area contributed by atoms with Gasteiger partial charge in [-0.2, -0.15) is 0 Å². The van der Waals surface area contributed by atoms with Crippen molar-refractivity contribution in [1.29, 1.82) is 0 Å². The zero-order chi connectivity index (χ0) is 19.7. The molecule has 1 aromatic heterocycles. The minimum absolute atomic E-state index is 0.0841. The monoisotopic (exact) mass is 374 g/mol. The molecule has 0 bridgehead atoms. The van der Waals surface area contributed by atoms with Gasteiger partial charge in [-0.15, -0.1) is 0 Å². The van der Waals surface area contributed by atoms with Gasteiger partial charge in [0.25, 0.3) is 11.7 Å². The van der Waals surface area contributed by atoms with Gasteiger partial charge in [0.05, 0.1) is 11.6 Å². The van der Waals surface area contributed by atoms with E-state index in [-0.39, 0.29) is 17.0 Å². The summed E-state index contributed by atoms with van der Waals surface area (Å²) >= 11 is 0. The fourth-order valence-electron chi connectivity index (χ4n) is 3.29. The van der Waals surface area contributed by atoms with Crippen molar-refractivity contribution in [2.45, 2.75) is 6.04 Å². The average molecular weight is 374 g/mol. The Labute approximate surface area is 160 Å². The van der Waals surface area contributed by atoms with Crippen LogP contribution < -0.4 is 4.90 Å².